The predicted molar refractivity (Wildman–Crippen MR) is 36.7 cm³/mol. The molecule has 0 aliphatic carbocycles. The third-order valence-electron chi connectivity index (χ3n) is 1.81. The lowest BCUT2D eigenvalue weighted by Gasteiger charge is -2.29. The van der Waals surface area contributed by atoms with Gasteiger partial charge in [-0.05, 0) is 19.8 Å². The molecule has 0 amide bonds. The summed E-state index contributed by atoms with van der Waals surface area (Å²) in [6.45, 7) is 2.30. The standard InChI is InChI=1S/C7H14O3/c1-5(8)7-6(9)3-2-4-10-7/h5-9H,2-4H2,1H3. The van der Waals surface area contributed by atoms with Crippen molar-refractivity contribution < 1.29 is 14.9 Å². The van der Waals surface area contributed by atoms with Crippen molar-refractivity contribution in [3.63, 3.8) is 0 Å². The Hall–Kier alpha value is -0.120. The van der Waals surface area contributed by atoms with Gasteiger partial charge in [-0.1, -0.05) is 0 Å². The summed E-state index contributed by atoms with van der Waals surface area (Å²) in [6, 6.07) is 0. The number of ether oxygens (including phenoxy) is 1. The highest BCUT2D eigenvalue weighted by atomic mass is 16.5. The first kappa shape index (κ1) is 7.98. The monoisotopic (exact) mass is 146 g/mol. The summed E-state index contributed by atoms with van der Waals surface area (Å²) in [7, 11) is 0. The molecule has 1 aliphatic rings. The molecule has 60 valence electrons. The maximum atomic E-state index is 9.25. The van der Waals surface area contributed by atoms with Crippen LogP contribution >= 0.6 is 0 Å². The third-order valence-corrected chi connectivity index (χ3v) is 1.81. The minimum absolute atomic E-state index is 0.367. The lowest BCUT2D eigenvalue weighted by molar-refractivity contribution is -0.121. The Morgan fingerprint density at radius 3 is 2.70 bits per heavy atom. The molecule has 0 aromatic carbocycles. The van der Waals surface area contributed by atoms with Crippen LogP contribution in [0.2, 0.25) is 0 Å². The van der Waals surface area contributed by atoms with Crippen molar-refractivity contribution in [3.8, 4) is 0 Å². The average Bonchev–Trinajstić information content (AvgIpc) is 1.88. The van der Waals surface area contributed by atoms with Crippen LogP contribution < -0.4 is 0 Å². The molecule has 0 spiro atoms. The number of hydrogen-bond donors (Lipinski definition) is 2. The summed E-state index contributed by atoms with van der Waals surface area (Å²) in [5.41, 5.74) is 0. The van der Waals surface area contributed by atoms with Crippen molar-refractivity contribution >= 4 is 0 Å². The second-order valence-electron chi connectivity index (χ2n) is 2.79. The lowest BCUT2D eigenvalue weighted by atomic mass is 10.0. The highest BCUT2D eigenvalue weighted by Gasteiger charge is 2.27. The molecule has 0 radical (unpaired) electrons. The Kier molecular flexibility index (Phi) is 2.65. The summed E-state index contributed by atoms with van der Waals surface area (Å²) in [5, 5.41) is 18.3. The minimum atomic E-state index is -0.560. The molecule has 2 N–H and O–H groups in total. The van der Waals surface area contributed by atoms with Crippen LogP contribution in [0.3, 0.4) is 0 Å². The van der Waals surface area contributed by atoms with Gasteiger partial charge in [-0.2, -0.15) is 0 Å². The second-order valence-corrected chi connectivity index (χ2v) is 2.79. The van der Waals surface area contributed by atoms with Gasteiger partial charge >= 0.3 is 0 Å². The van der Waals surface area contributed by atoms with Gasteiger partial charge in [0, 0.05) is 6.61 Å². The zero-order chi connectivity index (χ0) is 7.56. The quantitative estimate of drug-likeness (QED) is 0.543. The molecule has 0 saturated carbocycles. The zero-order valence-corrected chi connectivity index (χ0v) is 6.16. The molecule has 1 rings (SSSR count). The highest BCUT2D eigenvalue weighted by molar-refractivity contribution is 4.77. The maximum absolute atomic E-state index is 9.25. The fraction of sp³-hybridized carbons (Fsp3) is 1.00. The van der Waals surface area contributed by atoms with Gasteiger partial charge in [0.15, 0.2) is 0 Å². The van der Waals surface area contributed by atoms with Crippen LogP contribution in [0.1, 0.15) is 19.8 Å². The van der Waals surface area contributed by atoms with Crippen molar-refractivity contribution in [1.29, 1.82) is 0 Å². The molecule has 1 heterocycles. The van der Waals surface area contributed by atoms with Crippen molar-refractivity contribution in [1.82, 2.24) is 0 Å². The Morgan fingerprint density at radius 1 is 1.60 bits per heavy atom. The average molecular weight is 146 g/mol. The van der Waals surface area contributed by atoms with Crippen LogP contribution in [0.15, 0.2) is 0 Å². The molecule has 1 fully saturated rings. The van der Waals surface area contributed by atoms with Crippen molar-refractivity contribution in [2.75, 3.05) is 6.61 Å². The smallest absolute Gasteiger partial charge is 0.109 e. The van der Waals surface area contributed by atoms with Crippen LogP contribution in [-0.2, 0) is 4.74 Å². The first-order valence-electron chi connectivity index (χ1n) is 3.69. The number of rotatable bonds is 1. The van der Waals surface area contributed by atoms with Crippen LogP contribution in [0, 0.1) is 0 Å². The number of aliphatic hydroxyl groups excluding tert-OH is 2. The molecule has 3 heteroatoms. The molecule has 0 bridgehead atoms. The fourth-order valence-electron chi connectivity index (χ4n) is 1.25. The van der Waals surface area contributed by atoms with E-state index in [1.165, 1.54) is 0 Å². The third kappa shape index (κ3) is 1.68. The minimum Gasteiger partial charge on any atom is -0.391 e. The Balaban J connectivity index is 2.40. The van der Waals surface area contributed by atoms with E-state index < -0.39 is 12.2 Å². The lowest BCUT2D eigenvalue weighted by Crippen LogP contribution is -2.41. The Bertz CT molecular complexity index is 103. The molecule has 1 saturated heterocycles. The van der Waals surface area contributed by atoms with E-state index in [2.05, 4.69) is 0 Å². The normalized spacial score (nSPS) is 37.5. The highest BCUT2D eigenvalue weighted by Crippen LogP contribution is 2.16. The van der Waals surface area contributed by atoms with Crippen molar-refractivity contribution in [2.45, 2.75) is 38.1 Å². The van der Waals surface area contributed by atoms with Gasteiger partial charge in [-0.15, -0.1) is 0 Å². The topological polar surface area (TPSA) is 49.7 Å². The molecule has 0 aromatic heterocycles. The van der Waals surface area contributed by atoms with Crippen molar-refractivity contribution in [2.24, 2.45) is 0 Å². The summed E-state index contributed by atoms with van der Waals surface area (Å²) in [6.07, 6.45) is 0.234. The molecule has 0 aromatic rings. The summed E-state index contributed by atoms with van der Waals surface area (Å²) < 4.78 is 5.15. The van der Waals surface area contributed by atoms with Gasteiger partial charge in [-0.3, -0.25) is 0 Å². The Morgan fingerprint density at radius 2 is 2.30 bits per heavy atom. The van der Waals surface area contributed by atoms with Crippen LogP contribution in [0.4, 0.5) is 0 Å². The zero-order valence-electron chi connectivity index (χ0n) is 6.16. The summed E-state index contributed by atoms with van der Waals surface area (Å²) in [4.78, 5) is 0. The summed E-state index contributed by atoms with van der Waals surface area (Å²) >= 11 is 0. The van der Waals surface area contributed by atoms with Crippen LogP contribution in [0.25, 0.3) is 0 Å². The van der Waals surface area contributed by atoms with Gasteiger partial charge in [-0.25, -0.2) is 0 Å². The molecular weight excluding hydrogens is 132 g/mol. The molecule has 3 atom stereocenters. The van der Waals surface area contributed by atoms with E-state index in [-0.39, 0.29) is 6.10 Å². The van der Waals surface area contributed by atoms with Gasteiger partial charge in [0.1, 0.15) is 6.10 Å². The fourth-order valence-corrected chi connectivity index (χ4v) is 1.25. The maximum Gasteiger partial charge on any atom is 0.109 e. The predicted octanol–water partition coefficient (Wildman–Crippen LogP) is -0.0929. The van der Waals surface area contributed by atoms with E-state index >= 15 is 0 Å². The molecule has 3 unspecified atom stereocenters. The van der Waals surface area contributed by atoms with E-state index in [9.17, 15) is 5.11 Å². The van der Waals surface area contributed by atoms with Gasteiger partial charge in [0.2, 0.25) is 0 Å². The molecule has 1 aliphatic heterocycles. The van der Waals surface area contributed by atoms with Crippen LogP contribution in [0.5, 0.6) is 0 Å². The van der Waals surface area contributed by atoms with E-state index in [0.29, 0.717) is 6.61 Å². The van der Waals surface area contributed by atoms with E-state index in [1.807, 2.05) is 0 Å². The van der Waals surface area contributed by atoms with E-state index in [0.717, 1.165) is 12.8 Å². The van der Waals surface area contributed by atoms with Gasteiger partial charge in [0.05, 0.1) is 12.2 Å². The van der Waals surface area contributed by atoms with Gasteiger partial charge in [0.25, 0.3) is 0 Å². The second kappa shape index (κ2) is 3.32. The molecule has 10 heavy (non-hydrogen) atoms. The van der Waals surface area contributed by atoms with Crippen LogP contribution in [-0.4, -0.2) is 35.1 Å². The molecule has 3 nitrogen and oxygen atoms in total. The number of hydrogen-bond acceptors (Lipinski definition) is 3. The SMILES string of the molecule is CC(O)C1OCCCC1O. The summed E-state index contributed by atoms with van der Waals surface area (Å²) in [5.74, 6) is 0. The van der Waals surface area contributed by atoms with E-state index in [1.54, 1.807) is 6.92 Å². The first-order chi connectivity index (χ1) is 4.72. The van der Waals surface area contributed by atoms with E-state index in [4.69, 9.17) is 9.84 Å². The van der Waals surface area contributed by atoms with Crippen molar-refractivity contribution in [3.05, 3.63) is 0 Å². The molecular formula is C7H14O3. The Labute approximate surface area is 60.6 Å². The largest absolute Gasteiger partial charge is 0.391 e. The van der Waals surface area contributed by atoms with Gasteiger partial charge < -0.3 is 14.9 Å². The first-order valence-corrected chi connectivity index (χ1v) is 3.69. The number of aliphatic hydroxyl groups is 2.